The molecule has 29 heavy (non-hydrogen) atoms. The number of hydrogen-bond acceptors (Lipinski definition) is 5. The van der Waals surface area contributed by atoms with Crippen LogP contribution in [-0.2, 0) is 22.6 Å². The Morgan fingerprint density at radius 2 is 1.62 bits per heavy atom. The Bertz CT molecular complexity index is 981. The number of nitrogens with zero attached hydrogens (tertiary/aromatic N) is 2. The summed E-state index contributed by atoms with van der Waals surface area (Å²) in [5.41, 5.74) is 2.08. The van der Waals surface area contributed by atoms with Crippen molar-refractivity contribution < 1.29 is 19.1 Å². The van der Waals surface area contributed by atoms with E-state index in [9.17, 15) is 9.59 Å². The van der Waals surface area contributed by atoms with Gasteiger partial charge in [0.15, 0.2) is 0 Å². The third-order valence-electron chi connectivity index (χ3n) is 4.15. The lowest BCUT2D eigenvalue weighted by Gasteiger charge is -2.24. The zero-order valence-electron chi connectivity index (χ0n) is 15.7. The Morgan fingerprint density at radius 3 is 2.24 bits per heavy atom. The molecular formula is C22H19ClN2O4. The summed E-state index contributed by atoms with van der Waals surface area (Å²) in [6.07, 6.45) is 0.663. The largest absolute Gasteiger partial charge is 0.465 e. The summed E-state index contributed by atoms with van der Waals surface area (Å²) in [5, 5.41) is 0.140. The molecule has 0 saturated heterocycles. The number of anilines is 1. The van der Waals surface area contributed by atoms with Gasteiger partial charge in [0.2, 0.25) is 0 Å². The van der Waals surface area contributed by atoms with Gasteiger partial charge in [0.25, 0.3) is 0 Å². The fourth-order valence-corrected chi connectivity index (χ4v) is 2.87. The fraction of sp³-hybridized carbons (Fsp3) is 0.136. The van der Waals surface area contributed by atoms with E-state index in [1.54, 1.807) is 0 Å². The number of hydrogen-bond donors (Lipinski definition) is 0. The van der Waals surface area contributed by atoms with Crippen LogP contribution in [0.2, 0.25) is 5.15 Å². The van der Waals surface area contributed by atoms with Crippen LogP contribution in [0.1, 0.15) is 21.5 Å². The van der Waals surface area contributed by atoms with E-state index in [1.807, 2.05) is 60.7 Å². The minimum Gasteiger partial charge on any atom is -0.465 e. The van der Waals surface area contributed by atoms with Crippen molar-refractivity contribution in [3.05, 3.63) is 94.8 Å². The Morgan fingerprint density at radius 1 is 1.00 bits per heavy atom. The Labute approximate surface area is 173 Å². The lowest BCUT2D eigenvalue weighted by Crippen LogP contribution is -2.32. The first-order valence-corrected chi connectivity index (χ1v) is 9.22. The quantitative estimate of drug-likeness (QED) is 0.428. The van der Waals surface area contributed by atoms with Gasteiger partial charge in [-0.2, -0.15) is 0 Å². The second-order valence-electron chi connectivity index (χ2n) is 6.13. The summed E-state index contributed by atoms with van der Waals surface area (Å²) < 4.78 is 10.3. The van der Waals surface area contributed by atoms with Gasteiger partial charge in [-0.05, 0) is 11.1 Å². The minimum atomic E-state index is -0.627. The van der Waals surface area contributed by atoms with Crippen molar-refractivity contribution in [3.8, 4) is 0 Å². The lowest BCUT2D eigenvalue weighted by molar-refractivity contribution is 0.0601. The van der Waals surface area contributed by atoms with Crippen LogP contribution in [0, 0.1) is 0 Å². The van der Waals surface area contributed by atoms with Crippen molar-refractivity contribution in [2.45, 2.75) is 13.2 Å². The Balaban J connectivity index is 1.94. The minimum absolute atomic E-state index is 0.0946. The number of methoxy groups -OCH3 is 1. The molecule has 0 atom stereocenters. The maximum atomic E-state index is 13.0. The number of carbonyl (C=O) groups excluding carboxylic acids is 2. The van der Waals surface area contributed by atoms with Crippen LogP contribution in [0.5, 0.6) is 0 Å². The molecular weight excluding hydrogens is 392 g/mol. The van der Waals surface area contributed by atoms with E-state index in [0.717, 1.165) is 11.1 Å². The summed E-state index contributed by atoms with van der Waals surface area (Å²) in [7, 11) is 1.26. The first-order chi connectivity index (χ1) is 14.1. The number of halogens is 1. The van der Waals surface area contributed by atoms with Gasteiger partial charge >= 0.3 is 12.1 Å². The SMILES string of the molecule is COC(=O)c1cnc(Cl)cc1N(Cc1ccccc1)C(=O)OCc1ccccc1. The molecule has 1 heterocycles. The molecule has 3 rings (SSSR count). The molecule has 0 aliphatic carbocycles. The van der Waals surface area contributed by atoms with Gasteiger partial charge in [-0.3, -0.25) is 4.90 Å². The smallest absolute Gasteiger partial charge is 0.414 e. The predicted molar refractivity (Wildman–Crippen MR) is 110 cm³/mol. The first kappa shape index (κ1) is 20.4. The van der Waals surface area contributed by atoms with Crippen molar-refractivity contribution in [2.24, 2.45) is 0 Å². The zero-order chi connectivity index (χ0) is 20.6. The number of ether oxygens (including phenoxy) is 2. The van der Waals surface area contributed by atoms with Crippen molar-refractivity contribution in [1.82, 2.24) is 4.98 Å². The summed E-state index contributed by atoms with van der Waals surface area (Å²) in [6, 6.07) is 20.1. The van der Waals surface area contributed by atoms with Gasteiger partial charge in [0.1, 0.15) is 17.3 Å². The molecule has 6 nitrogen and oxygen atoms in total. The standard InChI is InChI=1S/C22H19ClN2O4/c1-28-21(26)18-13-24-20(23)12-19(18)25(14-16-8-4-2-5-9-16)22(27)29-15-17-10-6-3-7-11-17/h2-13H,14-15H2,1H3. The van der Waals surface area contributed by atoms with E-state index in [-0.39, 0.29) is 29.6 Å². The van der Waals surface area contributed by atoms with Crippen LogP contribution in [-0.4, -0.2) is 24.2 Å². The molecule has 0 bridgehead atoms. The fourth-order valence-electron chi connectivity index (χ4n) is 2.72. The molecule has 1 aromatic heterocycles. The van der Waals surface area contributed by atoms with Crippen LogP contribution in [0.15, 0.2) is 72.9 Å². The number of pyridine rings is 1. The van der Waals surface area contributed by atoms with E-state index in [2.05, 4.69) is 4.98 Å². The Hall–Kier alpha value is -3.38. The highest BCUT2D eigenvalue weighted by molar-refractivity contribution is 6.30. The molecule has 0 N–H and O–H groups in total. The summed E-state index contributed by atoms with van der Waals surface area (Å²) in [6.45, 7) is 0.274. The van der Waals surface area contributed by atoms with Gasteiger partial charge in [-0.1, -0.05) is 72.3 Å². The maximum absolute atomic E-state index is 13.0. The normalized spacial score (nSPS) is 10.3. The molecule has 0 aliphatic rings. The molecule has 0 radical (unpaired) electrons. The van der Waals surface area contributed by atoms with Crippen LogP contribution < -0.4 is 4.90 Å². The van der Waals surface area contributed by atoms with Gasteiger partial charge in [-0.25, -0.2) is 14.6 Å². The van der Waals surface area contributed by atoms with Crippen LogP contribution in [0.3, 0.4) is 0 Å². The monoisotopic (exact) mass is 410 g/mol. The van der Waals surface area contributed by atoms with Crippen molar-refractivity contribution in [2.75, 3.05) is 12.0 Å². The molecule has 0 saturated carbocycles. The lowest BCUT2D eigenvalue weighted by atomic mass is 10.1. The molecule has 0 spiro atoms. The van der Waals surface area contributed by atoms with Crippen LogP contribution in [0.25, 0.3) is 0 Å². The number of amides is 1. The van der Waals surface area contributed by atoms with E-state index < -0.39 is 12.1 Å². The highest BCUT2D eigenvalue weighted by Crippen LogP contribution is 2.27. The zero-order valence-corrected chi connectivity index (χ0v) is 16.5. The molecule has 7 heteroatoms. The third kappa shape index (κ3) is 5.33. The van der Waals surface area contributed by atoms with Crippen molar-refractivity contribution in [1.29, 1.82) is 0 Å². The van der Waals surface area contributed by atoms with E-state index >= 15 is 0 Å². The summed E-state index contributed by atoms with van der Waals surface area (Å²) in [4.78, 5) is 30.5. The molecule has 0 fully saturated rings. The summed E-state index contributed by atoms with van der Waals surface area (Å²) in [5.74, 6) is -0.627. The van der Waals surface area contributed by atoms with Crippen LogP contribution >= 0.6 is 11.6 Å². The maximum Gasteiger partial charge on any atom is 0.414 e. The van der Waals surface area contributed by atoms with Gasteiger partial charge < -0.3 is 9.47 Å². The van der Waals surface area contributed by atoms with E-state index in [1.165, 1.54) is 24.3 Å². The molecule has 0 unspecified atom stereocenters. The number of rotatable bonds is 6. The molecule has 3 aromatic rings. The molecule has 148 valence electrons. The summed E-state index contributed by atoms with van der Waals surface area (Å²) >= 11 is 6.05. The number of esters is 1. The Kier molecular flexibility index (Phi) is 6.81. The molecule has 1 amide bonds. The molecule has 0 aliphatic heterocycles. The number of carbonyl (C=O) groups is 2. The average molecular weight is 411 g/mol. The number of benzene rings is 2. The predicted octanol–water partition coefficient (Wildman–Crippen LogP) is 4.87. The topological polar surface area (TPSA) is 68.7 Å². The van der Waals surface area contributed by atoms with Crippen molar-refractivity contribution >= 4 is 29.4 Å². The van der Waals surface area contributed by atoms with E-state index in [4.69, 9.17) is 21.1 Å². The van der Waals surface area contributed by atoms with Crippen LogP contribution in [0.4, 0.5) is 10.5 Å². The van der Waals surface area contributed by atoms with Gasteiger partial charge in [-0.15, -0.1) is 0 Å². The van der Waals surface area contributed by atoms with Gasteiger partial charge in [0, 0.05) is 12.3 Å². The average Bonchev–Trinajstić information content (AvgIpc) is 2.76. The van der Waals surface area contributed by atoms with Gasteiger partial charge in [0.05, 0.1) is 19.3 Å². The van der Waals surface area contributed by atoms with E-state index in [0.29, 0.717) is 0 Å². The highest BCUT2D eigenvalue weighted by Gasteiger charge is 2.25. The third-order valence-corrected chi connectivity index (χ3v) is 4.36. The first-order valence-electron chi connectivity index (χ1n) is 8.84. The second-order valence-corrected chi connectivity index (χ2v) is 6.51. The molecule has 2 aromatic carbocycles. The highest BCUT2D eigenvalue weighted by atomic mass is 35.5. The second kappa shape index (κ2) is 9.71. The van der Waals surface area contributed by atoms with Crippen molar-refractivity contribution in [3.63, 3.8) is 0 Å². The number of aromatic nitrogens is 1.